The molecule has 0 fully saturated rings. The molecule has 134 valence electrons. The number of nitrogens with zero attached hydrogens (tertiary/aromatic N) is 2. The van der Waals surface area contributed by atoms with E-state index < -0.39 is 0 Å². The van der Waals surface area contributed by atoms with Crippen molar-refractivity contribution in [1.29, 1.82) is 0 Å². The van der Waals surface area contributed by atoms with Crippen molar-refractivity contribution < 1.29 is 4.74 Å². The number of benzene rings is 1. The molecule has 2 aromatic rings. The van der Waals surface area contributed by atoms with Crippen molar-refractivity contribution in [2.45, 2.75) is 26.4 Å². The molecular formula is C19H25ClN4O. The van der Waals surface area contributed by atoms with Crippen molar-refractivity contribution in [3.63, 3.8) is 0 Å². The van der Waals surface area contributed by atoms with E-state index in [1.807, 2.05) is 31.2 Å². The van der Waals surface area contributed by atoms with Gasteiger partial charge in [0.25, 0.3) is 0 Å². The SMILES string of the molecule is CN=C(NCCc1ccc(Cl)nc1)NCC(C)Oc1cccc(C)c1. The zero-order chi connectivity index (χ0) is 18.1. The Kier molecular flexibility index (Phi) is 7.54. The molecule has 0 aliphatic carbocycles. The zero-order valence-electron chi connectivity index (χ0n) is 14.9. The smallest absolute Gasteiger partial charge is 0.191 e. The van der Waals surface area contributed by atoms with Crippen molar-refractivity contribution in [3.05, 3.63) is 58.9 Å². The molecule has 0 bridgehead atoms. The zero-order valence-corrected chi connectivity index (χ0v) is 15.7. The van der Waals surface area contributed by atoms with Crippen LogP contribution in [0.15, 0.2) is 47.6 Å². The second kappa shape index (κ2) is 9.89. The molecule has 0 radical (unpaired) electrons. The molecule has 2 rings (SSSR count). The number of nitrogens with one attached hydrogen (secondary N) is 2. The maximum atomic E-state index is 5.91. The Balaban J connectivity index is 1.71. The summed E-state index contributed by atoms with van der Waals surface area (Å²) in [6, 6.07) is 11.8. The fourth-order valence-electron chi connectivity index (χ4n) is 2.30. The van der Waals surface area contributed by atoms with E-state index in [4.69, 9.17) is 16.3 Å². The minimum absolute atomic E-state index is 0.0285. The van der Waals surface area contributed by atoms with Gasteiger partial charge in [-0.05, 0) is 49.6 Å². The van der Waals surface area contributed by atoms with Crippen molar-refractivity contribution in [3.8, 4) is 5.75 Å². The van der Waals surface area contributed by atoms with Gasteiger partial charge in [-0.2, -0.15) is 0 Å². The van der Waals surface area contributed by atoms with Crippen LogP contribution in [0, 0.1) is 6.92 Å². The van der Waals surface area contributed by atoms with Crippen LogP contribution in [0.2, 0.25) is 5.15 Å². The van der Waals surface area contributed by atoms with Gasteiger partial charge >= 0.3 is 0 Å². The largest absolute Gasteiger partial charge is 0.489 e. The van der Waals surface area contributed by atoms with E-state index in [0.717, 1.165) is 30.2 Å². The standard InChI is InChI=1S/C19H25ClN4O/c1-14-5-4-6-17(11-14)25-15(2)12-24-19(21-3)22-10-9-16-7-8-18(20)23-13-16/h4-8,11,13,15H,9-10,12H2,1-3H3,(H2,21,22,24). The minimum atomic E-state index is 0.0285. The van der Waals surface area contributed by atoms with Crippen LogP contribution in [0.3, 0.4) is 0 Å². The van der Waals surface area contributed by atoms with Crippen LogP contribution in [-0.4, -0.2) is 37.2 Å². The highest BCUT2D eigenvalue weighted by molar-refractivity contribution is 6.29. The van der Waals surface area contributed by atoms with Gasteiger partial charge in [0.15, 0.2) is 5.96 Å². The molecule has 0 saturated heterocycles. The average molecular weight is 361 g/mol. The highest BCUT2D eigenvalue weighted by Gasteiger charge is 2.06. The number of hydrogen-bond acceptors (Lipinski definition) is 3. The summed E-state index contributed by atoms with van der Waals surface area (Å²) >= 11 is 5.79. The van der Waals surface area contributed by atoms with Gasteiger partial charge in [0.2, 0.25) is 0 Å². The summed E-state index contributed by atoms with van der Waals surface area (Å²) < 4.78 is 5.91. The van der Waals surface area contributed by atoms with Crippen LogP contribution < -0.4 is 15.4 Å². The Morgan fingerprint density at radius 2 is 2.12 bits per heavy atom. The molecule has 0 amide bonds. The first-order valence-electron chi connectivity index (χ1n) is 8.35. The predicted molar refractivity (Wildman–Crippen MR) is 104 cm³/mol. The fourth-order valence-corrected chi connectivity index (χ4v) is 2.42. The first kappa shape index (κ1) is 19.1. The molecule has 5 nitrogen and oxygen atoms in total. The van der Waals surface area contributed by atoms with Gasteiger partial charge in [-0.15, -0.1) is 0 Å². The third-order valence-corrected chi connectivity index (χ3v) is 3.83. The summed E-state index contributed by atoms with van der Waals surface area (Å²) in [6.07, 6.45) is 2.67. The van der Waals surface area contributed by atoms with Gasteiger partial charge in [0, 0.05) is 19.8 Å². The first-order valence-corrected chi connectivity index (χ1v) is 8.73. The molecule has 6 heteroatoms. The Bertz CT molecular complexity index is 688. The molecule has 0 spiro atoms. The number of hydrogen-bond donors (Lipinski definition) is 2. The fraction of sp³-hybridized carbons (Fsp3) is 0.368. The maximum absolute atomic E-state index is 5.91. The van der Waals surface area contributed by atoms with Gasteiger partial charge < -0.3 is 15.4 Å². The number of halogens is 1. The summed E-state index contributed by atoms with van der Waals surface area (Å²) in [7, 11) is 1.76. The quantitative estimate of drug-likeness (QED) is 0.452. The van der Waals surface area contributed by atoms with E-state index in [2.05, 4.69) is 33.6 Å². The number of pyridine rings is 1. The van der Waals surface area contributed by atoms with Gasteiger partial charge in [-0.25, -0.2) is 4.98 Å². The topological polar surface area (TPSA) is 58.5 Å². The van der Waals surface area contributed by atoms with Crippen LogP contribution in [-0.2, 0) is 6.42 Å². The Labute approximate surface area is 154 Å². The number of aryl methyl sites for hydroxylation is 1. The number of aromatic nitrogens is 1. The van der Waals surface area contributed by atoms with Crippen molar-refractivity contribution in [2.75, 3.05) is 20.1 Å². The highest BCUT2D eigenvalue weighted by atomic mass is 35.5. The monoisotopic (exact) mass is 360 g/mol. The number of guanidine groups is 1. The Morgan fingerprint density at radius 1 is 1.28 bits per heavy atom. The van der Waals surface area contributed by atoms with Gasteiger partial charge in [0.05, 0.1) is 6.54 Å². The molecule has 1 atom stereocenters. The predicted octanol–water partition coefficient (Wildman–Crippen LogP) is 3.22. The summed E-state index contributed by atoms with van der Waals surface area (Å²) in [5.74, 6) is 1.63. The lowest BCUT2D eigenvalue weighted by atomic mass is 10.2. The molecule has 25 heavy (non-hydrogen) atoms. The highest BCUT2D eigenvalue weighted by Crippen LogP contribution is 2.13. The van der Waals surface area contributed by atoms with E-state index in [0.29, 0.717) is 11.7 Å². The molecule has 0 aliphatic heterocycles. The summed E-state index contributed by atoms with van der Waals surface area (Å²) in [5.41, 5.74) is 2.32. The third-order valence-electron chi connectivity index (χ3n) is 3.60. The number of ether oxygens (including phenoxy) is 1. The van der Waals surface area contributed by atoms with Crippen molar-refractivity contribution in [1.82, 2.24) is 15.6 Å². The second-order valence-corrected chi connectivity index (χ2v) is 6.25. The van der Waals surface area contributed by atoms with E-state index in [1.165, 1.54) is 5.56 Å². The molecule has 2 N–H and O–H groups in total. The van der Waals surface area contributed by atoms with Crippen molar-refractivity contribution in [2.24, 2.45) is 4.99 Å². The lowest BCUT2D eigenvalue weighted by molar-refractivity contribution is 0.223. The number of rotatable bonds is 7. The first-order chi connectivity index (χ1) is 12.1. The van der Waals surface area contributed by atoms with Crippen LogP contribution in [0.1, 0.15) is 18.1 Å². The normalized spacial score (nSPS) is 12.6. The Hall–Kier alpha value is -2.27. The summed E-state index contributed by atoms with van der Waals surface area (Å²) in [4.78, 5) is 8.31. The van der Waals surface area contributed by atoms with Crippen molar-refractivity contribution >= 4 is 17.6 Å². The maximum Gasteiger partial charge on any atom is 0.191 e. The van der Waals surface area contributed by atoms with Gasteiger partial charge in [0.1, 0.15) is 17.0 Å². The lowest BCUT2D eigenvalue weighted by Crippen LogP contribution is -2.42. The molecular weight excluding hydrogens is 336 g/mol. The van der Waals surface area contributed by atoms with Crippen LogP contribution in [0.25, 0.3) is 0 Å². The molecule has 1 unspecified atom stereocenters. The van der Waals surface area contributed by atoms with Crippen LogP contribution in [0.5, 0.6) is 5.75 Å². The Morgan fingerprint density at radius 3 is 2.80 bits per heavy atom. The van der Waals surface area contributed by atoms with E-state index in [-0.39, 0.29) is 6.10 Å². The molecule has 1 aromatic heterocycles. The lowest BCUT2D eigenvalue weighted by Gasteiger charge is -2.18. The van der Waals surface area contributed by atoms with E-state index >= 15 is 0 Å². The summed E-state index contributed by atoms with van der Waals surface area (Å²) in [6.45, 7) is 5.51. The van der Waals surface area contributed by atoms with Crippen LogP contribution in [0.4, 0.5) is 0 Å². The van der Waals surface area contributed by atoms with E-state index in [9.17, 15) is 0 Å². The third kappa shape index (κ3) is 7.01. The van der Waals surface area contributed by atoms with Gasteiger partial charge in [-0.3, -0.25) is 4.99 Å². The molecule has 0 saturated carbocycles. The van der Waals surface area contributed by atoms with E-state index in [1.54, 1.807) is 19.3 Å². The molecule has 1 heterocycles. The number of aliphatic imine (C=N–C) groups is 1. The second-order valence-electron chi connectivity index (χ2n) is 5.86. The minimum Gasteiger partial charge on any atom is -0.489 e. The molecule has 1 aromatic carbocycles. The summed E-state index contributed by atoms with van der Waals surface area (Å²) in [5, 5.41) is 7.07. The molecule has 0 aliphatic rings. The van der Waals surface area contributed by atoms with Crippen LogP contribution >= 0.6 is 11.6 Å². The average Bonchev–Trinajstić information content (AvgIpc) is 2.59. The van der Waals surface area contributed by atoms with Gasteiger partial charge in [-0.1, -0.05) is 29.8 Å².